The Morgan fingerprint density at radius 1 is 1.37 bits per heavy atom. The van der Waals surface area contributed by atoms with Crippen molar-refractivity contribution >= 4 is 10.0 Å². The summed E-state index contributed by atoms with van der Waals surface area (Å²) in [4.78, 5) is 0.327. The molecule has 0 aliphatic heterocycles. The number of sulfonamides is 1. The molecule has 1 aromatic rings. The monoisotopic (exact) mass is 284 g/mol. The SMILES string of the molecule is CNS(=O)(=O)c1ccc(OC)cc1CCNC1CC1. The van der Waals surface area contributed by atoms with Crippen molar-refractivity contribution in [1.29, 1.82) is 0 Å². The second-order valence-electron chi connectivity index (χ2n) is 4.66. The van der Waals surface area contributed by atoms with Crippen LogP contribution >= 0.6 is 0 Å². The van der Waals surface area contributed by atoms with Crippen LogP contribution < -0.4 is 14.8 Å². The molecule has 0 heterocycles. The van der Waals surface area contributed by atoms with Gasteiger partial charge in [-0.15, -0.1) is 0 Å². The average Bonchev–Trinajstić information content (AvgIpc) is 3.22. The van der Waals surface area contributed by atoms with E-state index >= 15 is 0 Å². The Labute approximate surface area is 114 Å². The van der Waals surface area contributed by atoms with Crippen LogP contribution in [0.5, 0.6) is 5.75 Å². The summed E-state index contributed by atoms with van der Waals surface area (Å²) in [6.45, 7) is 0.782. The van der Waals surface area contributed by atoms with Crippen molar-refractivity contribution in [3.05, 3.63) is 23.8 Å². The topological polar surface area (TPSA) is 67.4 Å². The standard InChI is InChI=1S/C13H20N2O3S/c1-14-19(16,17)13-6-5-12(18-2)9-10(13)7-8-15-11-3-4-11/h5-6,9,11,14-15H,3-4,7-8H2,1-2H3. The molecule has 6 heteroatoms. The van der Waals surface area contributed by atoms with E-state index < -0.39 is 10.0 Å². The summed E-state index contributed by atoms with van der Waals surface area (Å²) in [5, 5.41) is 3.38. The lowest BCUT2D eigenvalue weighted by atomic mass is 10.1. The van der Waals surface area contributed by atoms with Crippen LogP contribution in [-0.2, 0) is 16.4 Å². The Hall–Kier alpha value is -1.11. The molecule has 1 fully saturated rings. The summed E-state index contributed by atoms with van der Waals surface area (Å²) in [7, 11) is -0.423. The van der Waals surface area contributed by atoms with Gasteiger partial charge in [-0.25, -0.2) is 13.1 Å². The number of ether oxygens (including phenoxy) is 1. The van der Waals surface area contributed by atoms with E-state index in [9.17, 15) is 8.42 Å². The zero-order valence-corrected chi connectivity index (χ0v) is 12.1. The van der Waals surface area contributed by atoms with Crippen LogP contribution in [-0.4, -0.2) is 35.2 Å². The van der Waals surface area contributed by atoms with Crippen molar-refractivity contribution in [2.75, 3.05) is 20.7 Å². The molecule has 1 saturated carbocycles. The minimum atomic E-state index is -3.42. The highest BCUT2D eigenvalue weighted by Crippen LogP contribution is 2.23. The van der Waals surface area contributed by atoms with E-state index in [0.29, 0.717) is 23.1 Å². The number of methoxy groups -OCH3 is 1. The number of nitrogens with one attached hydrogen (secondary N) is 2. The summed E-state index contributed by atoms with van der Waals surface area (Å²) in [5.74, 6) is 0.677. The smallest absolute Gasteiger partial charge is 0.240 e. The predicted octanol–water partition coefficient (Wildman–Crippen LogP) is 0.898. The molecule has 2 rings (SSSR count). The van der Waals surface area contributed by atoms with Crippen LogP contribution in [0.25, 0.3) is 0 Å². The van der Waals surface area contributed by atoms with Crippen LogP contribution in [0, 0.1) is 0 Å². The molecule has 0 saturated heterocycles. The van der Waals surface area contributed by atoms with Gasteiger partial charge in [0.1, 0.15) is 5.75 Å². The van der Waals surface area contributed by atoms with Crippen molar-refractivity contribution < 1.29 is 13.2 Å². The van der Waals surface area contributed by atoms with E-state index in [-0.39, 0.29) is 0 Å². The largest absolute Gasteiger partial charge is 0.497 e. The molecule has 2 N–H and O–H groups in total. The van der Waals surface area contributed by atoms with Gasteiger partial charge in [-0.3, -0.25) is 0 Å². The van der Waals surface area contributed by atoms with Gasteiger partial charge in [0, 0.05) is 6.04 Å². The van der Waals surface area contributed by atoms with Crippen LogP contribution in [0.4, 0.5) is 0 Å². The first kappa shape index (κ1) is 14.3. The number of rotatable bonds is 7. The van der Waals surface area contributed by atoms with E-state index in [1.54, 1.807) is 25.3 Å². The molecule has 0 unspecified atom stereocenters. The van der Waals surface area contributed by atoms with Gasteiger partial charge in [-0.2, -0.15) is 0 Å². The highest BCUT2D eigenvalue weighted by molar-refractivity contribution is 7.89. The second-order valence-corrected chi connectivity index (χ2v) is 6.51. The molecular formula is C13H20N2O3S. The Morgan fingerprint density at radius 2 is 2.11 bits per heavy atom. The zero-order valence-electron chi connectivity index (χ0n) is 11.3. The molecular weight excluding hydrogens is 264 g/mol. The Morgan fingerprint density at radius 3 is 2.68 bits per heavy atom. The van der Waals surface area contributed by atoms with Crippen LogP contribution in [0.1, 0.15) is 18.4 Å². The first-order chi connectivity index (χ1) is 9.06. The summed E-state index contributed by atoms with van der Waals surface area (Å²) in [6, 6.07) is 5.67. The fraction of sp³-hybridized carbons (Fsp3) is 0.538. The van der Waals surface area contributed by atoms with Gasteiger partial charge in [0.15, 0.2) is 0 Å². The van der Waals surface area contributed by atoms with Crippen LogP contribution in [0.3, 0.4) is 0 Å². The molecule has 5 nitrogen and oxygen atoms in total. The van der Waals surface area contributed by atoms with Gasteiger partial charge in [0.25, 0.3) is 0 Å². The molecule has 0 spiro atoms. The molecule has 1 aliphatic carbocycles. The quantitative estimate of drug-likeness (QED) is 0.780. The van der Waals surface area contributed by atoms with Gasteiger partial charge in [0.2, 0.25) is 10.0 Å². The third-order valence-corrected chi connectivity index (χ3v) is 4.75. The second kappa shape index (κ2) is 5.90. The van der Waals surface area contributed by atoms with Gasteiger partial charge in [0.05, 0.1) is 12.0 Å². The van der Waals surface area contributed by atoms with E-state index in [1.807, 2.05) is 0 Å². The number of hydrogen-bond acceptors (Lipinski definition) is 4. The van der Waals surface area contributed by atoms with Crippen molar-refractivity contribution in [1.82, 2.24) is 10.0 Å². The van der Waals surface area contributed by atoms with E-state index in [0.717, 1.165) is 12.1 Å². The van der Waals surface area contributed by atoms with Crippen molar-refractivity contribution in [2.45, 2.75) is 30.2 Å². The van der Waals surface area contributed by atoms with Crippen molar-refractivity contribution in [3.8, 4) is 5.75 Å². The summed E-state index contributed by atoms with van der Waals surface area (Å²) in [5.41, 5.74) is 0.779. The molecule has 0 aromatic heterocycles. The maximum absolute atomic E-state index is 12.0. The zero-order chi connectivity index (χ0) is 13.9. The fourth-order valence-electron chi connectivity index (χ4n) is 1.95. The summed E-state index contributed by atoms with van der Waals surface area (Å²) < 4.78 is 31.4. The molecule has 0 radical (unpaired) electrons. The third-order valence-electron chi connectivity index (χ3n) is 3.23. The Balaban J connectivity index is 2.19. The highest BCUT2D eigenvalue weighted by atomic mass is 32.2. The fourth-order valence-corrected chi connectivity index (χ4v) is 2.92. The van der Waals surface area contributed by atoms with Gasteiger partial charge >= 0.3 is 0 Å². The van der Waals surface area contributed by atoms with Gasteiger partial charge in [-0.1, -0.05) is 0 Å². The molecule has 1 aromatic carbocycles. The van der Waals surface area contributed by atoms with Crippen LogP contribution in [0.2, 0.25) is 0 Å². The van der Waals surface area contributed by atoms with Gasteiger partial charge < -0.3 is 10.1 Å². The van der Waals surface area contributed by atoms with Gasteiger partial charge in [-0.05, 0) is 56.6 Å². The average molecular weight is 284 g/mol. The van der Waals surface area contributed by atoms with Crippen molar-refractivity contribution in [3.63, 3.8) is 0 Å². The lowest BCUT2D eigenvalue weighted by Gasteiger charge is -2.12. The molecule has 1 aliphatic rings. The Bertz CT molecular complexity index is 539. The van der Waals surface area contributed by atoms with Crippen molar-refractivity contribution in [2.24, 2.45) is 0 Å². The third kappa shape index (κ3) is 3.68. The molecule has 0 atom stereocenters. The maximum Gasteiger partial charge on any atom is 0.240 e. The highest BCUT2D eigenvalue weighted by Gasteiger charge is 2.21. The lowest BCUT2D eigenvalue weighted by molar-refractivity contribution is 0.413. The molecule has 0 amide bonds. The first-order valence-electron chi connectivity index (χ1n) is 6.40. The summed E-state index contributed by atoms with van der Waals surface area (Å²) in [6.07, 6.45) is 3.11. The summed E-state index contributed by atoms with van der Waals surface area (Å²) >= 11 is 0. The molecule has 106 valence electrons. The predicted molar refractivity (Wildman–Crippen MR) is 74.0 cm³/mol. The van der Waals surface area contributed by atoms with E-state index in [4.69, 9.17) is 4.74 Å². The lowest BCUT2D eigenvalue weighted by Crippen LogP contribution is -2.23. The number of benzene rings is 1. The van der Waals surface area contributed by atoms with Crippen LogP contribution in [0.15, 0.2) is 23.1 Å². The molecule has 0 bridgehead atoms. The van der Waals surface area contributed by atoms with E-state index in [1.165, 1.54) is 19.9 Å². The van der Waals surface area contributed by atoms with E-state index in [2.05, 4.69) is 10.0 Å². The number of hydrogen-bond donors (Lipinski definition) is 2. The normalized spacial score (nSPS) is 15.5. The minimum Gasteiger partial charge on any atom is -0.497 e. The first-order valence-corrected chi connectivity index (χ1v) is 7.89. The molecule has 19 heavy (non-hydrogen) atoms. The maximum atomic E-state index is 12.0. The minimum absolute atomic E-state index is 0.327. The Kier molecular flexibility index (Phi) is 4.44.